The second-order valence-corrected chi connectivity index (χ2v) is 8.61. The fourth-order valence-electron chi connectivity index (χ4n) is 2.71. The SMILES string of the molecule is Cc1nc(NC(=O)c2ccccc2Cl)sc1-c1csc(NC(=O)Nc2ccccc2)n1. The van der Waals surface area contributed by atoms with Crippen molar-refractivity contribution in [3.05, 3.63) is 76.3 Å². The maximum Gasteiger partial charge on any atom is 0.325 e. The highest BCUT2D eigenvalue weighted by Crippen LogP contribution is 2.35. The normalized spacial score (nSPS) is 10.5. The molecule has 0 bridgehead atoms. The first-order chi connectivity index (χ1) is 15.0. The molecule has 4 rings (SSSR count). The second-order valence-electron chi connectivity index (χ2n) is 6.35. The molecule has 10 heteroatoms. The molecule has 0 fully saturated rings. The first-order valence-corrected chi connectivity index (χ1v) is 11.2. The van der Waals surface area contributed by atoms with E-state index >= 15 is 0 Å². The zero-order valence-electron chi connectivity index (χ0n) is 16.2. The number of para-hydroxylation sites is 1. The smallest absolute Gasteiger partial charge is 0.308 e. The molecule has 0 aliphatic carbocycles. The van der Waals surface area contributed by atoms with Crippen molar-refractivity contribution in [3.8, 4) is 10.6 Å². The van der Waals surface area contributed by atoms with Gasteiger partial charge in [-0.25, -0.2) is 14.8 Å². The number of carbonyl (C=O) groups is 2. The van der Waals surface area contributed by atoms with E-state index in [0.29, 0.717) is 32.2 Å². The predicted octanol–water partition coefficient (Wildman–Crippen LogP) is 6.12. The van der Waals surface area contributed by atoms with Crippen LogP contribution in [0.1, 0.15) is 16.1 Å². The first kappa shape index (κ1) is 21.0. The van der Waals surface area contributed by atoms with Gasteiger partial charge in [0, 0.05) is 11.1 Å². The van der Waals surface area contributed by atoms with Gasteiger partial charge in [0.1, 0.15) is 0 Å². The number of carbonyl (C=O) groups excluding carboxylic acids is 2. The Bertz CT molecular complexity index is 1240. The van der Waals surface area contributed by atoms with E-state index in [1.165, 1.54) is 22.7 Å². The van der Waals surface area contributed by atoms with Crippen LogP contribution in [0.25, 0.3) is 10.6 Å². The van der Waals surface area contributed by atoms with Crippen LogP contribution in [0.2, 0.25) is 5.02 Å². The van der Waals surface area contributed by atoms with Gasteiger partial charge < -0.3 is 5.32 Å². The van der Waals surface area contributed by atoms with Gasteiger partial charge in [0.25, 0.3) is 5.91 Å². The van der Waals surface area contributed by atoms with Gasteiger partial charge in [0.15, 0.2) is 10.3 Å². The van der Waals surface area contributed by atoms with Gasteiger partial charge in [-0.2, -0.15) is 0 Å². The van der Waals surface area contributed by atoms with Crippen molar-refractivity contribution in [2.24, 2.45) is 0 Å². The number of halogens is 1. The number of nitrogens with one attached hydrogen (secondary N) is 3. The molecule has 0 aliphatic rings. The molecule has 3 N–H and O–H groups in total. The van der Waals surface area contributed by atoms with Crippen LogP contribution in [0.4, 0.5) is 20.7 Å². The topological polar surface area (TPSA) is 96.0 Å². The Morgan fingerprint density at radius 3 is 2.42 bits per heavy atom. The van der Waals surface area contributed by atoms with Gasteiger partial charge in [-0.3, -0.25) is 15.4 Å². The van der Waals surface area contributed by atoms with Crippen molar-refractivity contribution >= 4 is 62.2 Å². The molecule has 3 amide bonds. The number of hydrogen-bond donors (Lipinski definition) is 3. The molecule has 0 atom stereocenters. The van der Waals surface area contributed by atoms with Crippen LogP contribution in [0, 0.1) is 6.92 Å². The molecular formula is C21H16ClN5O2S2. The summed E-state index contributed by atoms with van der Waals surface area (Å²) in [5.41, 5.74) is 2.47. The van der Waals surface area contributed by atoms with Crippen molar-refractivity contribution in [3.63, 3.8) is 0 Å². The van der Waals surface area contributed by atoms with Crippen LogP contribution in [-0.2, 0) is 0 Å². The van der Waals surface area contributed by atoms with Gasteiger partial charge >= 0.3 is 6.03 Å². The highest BCUT2D eigenvalue weighted by Gasteiger charge is 2.17. The number of amides is 3. The predicted molar refractivity (Wildman–Crippen MR) is 126 cm³/mol. The first-order valence-electron chi connectivity index (χ1n) is 9.12. The quantitative estimate of drug-likeness (QED) is 0.328. The second kappa shape index (κ2) is 9.25. The molecule has 2 heterocycles. The zero-order valence-corrected chi connectivity index (χ0v) is 18.6. The summed E-state index contributed by atoms with van der Waals surface area (Å²) in [5.74, 6) is -0.330. The Morgan fingerprint density at radius 2 is 1.65 bits per heavy atom. The van der Waals surface area contributed by atoms with Crippen LogP contribution in [-0.4, -0.2) is 21.9 Å². The maximum absolute atomic E-state index is 12.5. The highest BCUT2D eigenvalue weighted by molar-refractivity contribution is 7.20. The average molecular weight is 470 g/mol. The molecule has 2 aromatic carbocycles. The fourth-order valence-corrected chi connectivity index (χ4v) is 4.63. The van der Waals surface area contributed by atoms with Gasteiger partial charge in [-0.1, -0.05) is 53.3 Å². The third-order valence-corrected chi connectivity index (χ3v) is 6.31. The molecule has 0 spiro atoms. The molecule has 0 unspecified atom stereocenters. The van der Waals surface area contributed by atoms with E-state index in [1.54, 1.807) is 36.4 Å². The monoisotopic (exact) mass is 469 g/mol. The molecule has 156 valence electrons. The lowest BCUT2D eigenvalue weighted by molar-refractivity contribution is 0.102. The summed E-state index contributed by atoms with van der Waals surface area (Å²) in [6.07, 6.45) is 0. The van der Waals surface area contributed by atoms with Gasteiger partial charge in [0.05, 0.1) is 26.9 Å². The van der Waals surface area contributed by atoms with E-state index in [-0.39, 0.29) is 11.9 Å². The zero-order chi connectivity index (χ0) is 21.8. The Labute approximate surface area is 191 Å². The summed E-state index contributed by atoms with van der Waals surface area (Å²) in [4.78, 5) is 34.3. The van der Waals surface area contributed by atoms with Crippen LogP contribution in [0.5, 0.6) is 0 Å². The lowest BCUT2D eigenvalue weighted by Gasteiger charge is -2.04. The molecular weight excluding hydrogens is 454 g/mol. The third-order valence-electron chi connectivity index (χ3n) is 4.12. The van der Waals surface area contributed by atoms with Gasteiger partial charge in [0.2, 0.25) is 0 Å². The molecule has 7 nitrogen and oxygen atoms in total. The number of urea groups is 1. The summed E-state index contributed by atoms with van der Waals surface area (Å²) >= 11 is 8.70. The molecule has 0 aliphatic heterocycles. The highest BCUT2D eigenvalue weighted by atomic mass is 35.5. The number of aromatic nitrogens is 2. The third kappa shape index (κ3) is 5.08. The van der Waals surface area contributed by atoms with Gasteiger partial charge in [-0.05, 0) is 31.2 Å². The molecule has 2 aromatic heterocycles. The van der Waals surface area contributed by atoms with E-state index in [2.05, 4.69) is 25.9 Å². The molecule has 31 heavy (non-hydrogen) atoms. The minimum absolute atomic E-state index is 0.330. The Morgan fingerprint density at radius 1 is 0.903 bits per heavy atom. The van der Waals surface area contributed by atoms with Crippen molar-refractivity contribution in [1.29, 1.82) is 0 Å². The molecule has 0 saturated heterocycles. The summed E-state index contributed by atoms with van der Waals surface area (Å²) in [7, 11) is 0. The van der Waals surface area contributed by atoms with Crippen LogP contribution in [0.15, 0.2) is 60.0 Å². The summed E-state index contributed by atoms with van der Waals surface area (Å²) in [5, 5.41) is 11.4. The number of anilines is 3. The number of aryl methyl sites for hydroxylation is 1. The van der Waals surface area contributed by atoms with E-state index < -0.39 is 0 Å². The van der Waals surface area contributed by atoms with Gasteiger partial charge in [-0.15, -0.1) is 11.3 Å². The van der Waals surface area contributed by atoms with E-state index in [9.17, 15) is 9.59 Å². The van der Waals surface area contributed by atoms with Crippen LogP contribution in [0.3, 0.4) is 0 Å². The Hall–Kier alpha value is -3.27. The number of nitrogens with zero attached hydrogens (tertiary/aromatic N) is 2. The van der Waals surface area contributed by atoms with E-state index in [4.69, 9.17) is 11.6 Å². The number of benzene rings is 2. The van der Waals surface area contributed by atoms with Crippen molar-refractivity contribution < 1.29 is 9.59 Å². The Balaban J connectivity index is 1.44. The Kier molecular flexibility index (Phi) is 6.26. The molecule has 0 radical (unpaired) electrons. The minimum atomic E-state index is -0.374. The largest absolute Gasteiger partial charge is 0.325 e. The summed E-state index contributed by atoms with van der Waals surface area (Å²) in [6.45, 7) is 1.84. The number of rotatable bonds is 5. The van der Waals surface area contributed by atoms with Crippen molar-refractivity contribution in [1.82, 2.24) is 9.97 Å². The standard InChI is InChI=1S/C21H16ClN5O2S2/c1-12-17(31-21(23-12)26-18(28)14-9-5-6-10-15(14)22)16-11-30-20(25-16)27-19(29)24-13-7-3-2-4-8-13/h2-11H,1H3,(H,23,26,28)(H2,24,25,27,29). The van der Waals surface area contributed by atoms with Crippen LogP contribution >= 0.6 is 34.3 Å². The summed E-state index contributed by atoms with van der Waals surface area (Å²) in [6, 6.07) is 15.6. The number of hydrogen-bond acceptors (Lipinski definition) is 6. The van der Waals surface area contributed by atoms with E-state index in [1.807, 2.05) is 30.5 Å². The van der Waals surface area contributed by atoms with Crippen molar-refractivity contribution in [2.45, 2.75) is 6.92 Å². The van der Waals surface area contributed by atoms with E-state index in [0.717, 1.165) is 10.6 Å². The van der Waals surface area contributed by atoms with Crippen molar-refractivity contribution in [2.75, 3.05) is 16.0 Å². The lowest BCUT2D eigenvalue weighted by atomic mass is 10.2. The molecule has 4 aromatic rings. The fraction of sp³-hybridized carbons (Fsp3) is 0.0476. The van der Waals surface area contributed by atoms with Crippen LogP contribution < -0.4 is 16.0 Å². The number of thiazole rings is 2. The lowest BCUT2D eigenvalue weighted by Crippen LogP contribution is -2.19. The summed E-state index contributed by atoms with van der Waals surface area (Å²) < 4.78 is 0. The average Bonchev–Trinajstić information content (AvgIpc) is 3.35. The maximum atomic E-state index is 12.5. The molecule has 0 saturated carbocycles. The minimum Gasteiger partial charge on any atom is -0.308 e.